The van der Waals surface area contributed by atoms with Crippen molar-refractivity contribution in [2.75, 3.05) is 0 Å². The van der Waals surface area contributed by atoms with Crippen molar-refractivity contribution < 1.29 is 4.39 Å². The van der Waals surface area contributed by atoms with Crippen molar-refractivity contribution in [1.29, 1.82) is 0 Å². The van der Waals surface area contributed by atoms with Gasteiger partial charge in [0.1, 0.15) is 11.5 Å². The van der Waals surface area contributed by atoms with E-state index in [2.05, 4.69) is 5.10 Å². The number of aryl methyl sites for hydroxylation is 1. The van der Waals surface area contributed by atoms with E-state index < -0.39 is 0 Å². The first-order chi connectivity index (χ1) is 6.29. The lowest BCUT2D eigenvalue weighted by Gasteiger charge is -2.05. The molecule has 13 heavy (non-hydrogen) atoms. The normalized spacial score (nSPS) is 10.3. The molecule has 2 nitrogen and oxygen atoms in total. The Morgan fingerprint density at radius 1 is 1.31 bits per heavy atom. The molecule has 0 spiro atoms. The van der Waals surface area contributed by atoms with E-state index in [-0.39, 0.29) is 5.82 Å². The number of para-hydroxylation sites is 1. The highest BCUT2D eigenvalue weighted by Crippen LogP contribution is 2.16. The Morgan fingerprint density at radius 3 is 2.77 bits per heavy atom. The topological polar surface area (TPSA) is 17.8 Å². The largest absolute Gasteiger partial charge is 0.238 e. The van der Waals surface area contributed by atoms with Crippen LogP contribution in [0.25, 0.3) is 5.69 Å². The Balaban J connectivity index is 2.64. The second kappa shape index (κ2) is 3.01. The van der Waals surface area contributed by atoms with E-state index in [0.717, 1.165) is 5.56 Å². The van der Waals surface area contributed by atoms with Crippen LogP contribution in [0.5, 0.6) is 0 Å². The van der Waals surface area contributed by atoms with Gasteiger partial charge in [-0.1, -0.05) is 12.1 Å². The molecule has 3 heteroatoms. The maximum atomic E-state index is 13.4. The van der Waals surface area contributed by atoms with Crippen molar-refractivity contribution in [2.45, 2.75) is 6.92 Å². The number of hydrogen-bond acceptors (Lipinski definition) is 1. The summed E-state index contributed by atoms with van der Waals surface area (Å²) in [6, 6.07) is 6.76. The van der Waals surface area contributed by atoms with Crippen LogP contribution in [0.1, 0.15) is 5.56 Å². The van der Waals surface area contributed by atoms with Gasteiger partial charge in [-0.25, -0.2) is 9.07 Å². The maximum Gasteiger partial charge on any atom is 0.149 e. The molecule has 1 aromatic carbocycles. The molecular formula is C10H9FN2. The Hall–Kier alpha value is -1.64. The quantitative estimate of drug-likeness (QED) is 0.652. The third-order valence-corrected chi connectivity index (χ3v) is 1.92. The van der Waals surface area contributed by atoms with Gasteiger partial charge in [-0.3, -0.25) is 0 Å². The molecule has 2 rings (SSSR count). The summed E-state index contributed by atoms with van der Waals surface area (Å²) in [5, 5.41) is 3.98. The minimum atomic E-state index is -0.247. The third-order valence-electron chi connectivity index (χ3n) is 1.92. The molecule has 66 valence electrons. The van der Waals surface area contributed by atoms with E-state index >= 15 is 0 Å². The van der Waals surface area contributed by atoms with Gasteiger partial charge in [0.2, 0.25) is 0 Å². The van der Waals surface area contributed by atoms with Crippen LogP contribution in [0.2, 0.25) is 0 Å². The highest BCUT2D eigenvalue weighted by molar-refractivity contribution is 5.40. The first kappa shape index (κ1) is 7.98. The predicted octanol–water partition coefficient (Wildman–Crippen LogP) is 2.32. The number of halogens is 1. The van der Waals surface area contributed by atoms with Gasteiger partial charge in [-0.05, 0) is 24.6 Å². The van der Waals surface area contributed by atoms with Crippen LogP contribution in [-0.2, 0) is 0 Å². The summed E-state index contributed by atoms with van der Waals surface area (Å²) >= 11 is 0. The summed E-state index contributed by atoms with van der Waals surface area (Å²) in [6.45, 7) is 1.86. The van der Waals surface area contributed by atoms with E-state index in [1.807, 2.05) is 13.0 Å². The van der Waals surface area contributed by atoms with E-state index in [4.69, 9.17) is 0 Å². The lowest BCUT2D eigenvalue weighted by molar-refractivity contribution is 0.609. The summed E-state index contributed by atoms with van der Waals surface area (Å²) in [4.78, 5) is 0. The Kier molecular flexibility index (Phi) is 1.85. The zero-order valence-corrected chi connectivity index (χ0v) is 7.24. The lowest BCUT2D eigenvalue weighted by atomic mass is 10.2. The van der Waals surface area contributed by atoms with Crippen LogP contribution in [0, 0.1) is 12.7 Å². The van der Waals surface area contributed by atoms with E-state index in [1.165, 1.54) is 10.7 Å². The van der Waals surface area contributed by atoms with Crippen molar-refractivity contribution in [3.05, 3.63) is 48.0 Å². The molecule has 0 aliphatic rings. The summed E-state index contributed by atoms with van der Waals surface area (Å²) in [5.74, 6) is -0.247. The van der Waals surface area contributed by atoms with E-state index in [9.17, 15) is 4.39 Å². The number of benzene rings is 1. The minimum absolute atomic E-state index is 0.247. The Labute approximate surface area is 75.6 Å². The molecule has 0 N–H and O–H groups in total. The molecule has 1 aromatic heterocycles. The number of aromatic nitrogens is 2. The van der Waals surface area contributed by atoms with Gasteiger partial charge in [-0.2, -0.15) is 5.10 Å². The fraction of sp³-hybridized carbons (Fsp3) is 0.100. The van der Waals surface area contributed by atoms with Gasteiger partial charge in [0, 0.05) is 12.4 Å². The molecule has 0 saturated carbocycles. The highest BCUT2D eigenvalue weighted by atomic mass is 19.1. The zero-order valence-electron chi connectivity index (χ0n) is 7.24. The summed E-state index contributed by atoms with van der Waals surface area (Å²) in [6.07, 6.45) is 3.36. The Bertz CT molecular complexity index is 387. The second-order valence-electron chi connectivity index (χ2n) is 2.86. The van der Waals surface area contributed by atoms with Crippen LogP contribution >= 0.6 is 0 Å². The molecule has 0 amide bonds. The highest BCUT2D eigenvalue weighted by Gasteiger charge is 2.06. The van der Waals surface area contributed by atoms with E-state index in [1.54, 1.807) is 24.5 Å². The van der Waals surface area contributed by atoms with Gasteiger partial charge < -0.3 is 0 Å². The lowest BCUT2D eigenvalue weighted by Crippen LogP contribution is -2.00. The summed E-state index contributed by atoms with van der Waals surface area (Å²) in [5.41, 5.74) is 1.40. The van der Waals surface area contributed by atoms with E-state index in [0.29, 0.717) is 5.69 Å². The SMILES string of the molecule is Cc1cccc(F)c1-n1cccn1. The van der Waals surface area contributed by atoms with Crippen LogP contribution in [0.15, 0.2) is 36.7 Å². The average molecular weight is 176 g/mol. The van der Waals surface area contributed by atoms with Crippen molar-refractivity contribution in [1.82, 2.24) is 9.78 Å². The van der Waals surface area contributed by atoms with Gasteiger partial charge in [0.15, 0.2) is 0 Å². The standard InChI is InChI=1S/C10H9FN2/c1-8-4-2-5-9(11)10(8)13-7-3-6-12-13/h2-7H,1H3. The zero-order chi connectivity index (χ0) is 9.26. The number of hydrogen-bond donors (Lipinski definition) is 0. The van der Waals surface area contributed by atoms with Crippen LogP contribution in [-0.4, -0.2) is 9.78 Å². The smallest absolute Gasteiger partial charge is 0.149 e. The molecule has 0 radical (unpaired) electrons. The molecule has 0 atom stereocenters. The molecular weight excluding hydrogens is 167 g/mol. The minimum Gasteiger partial charge on any atom is -0.238 e. The van der Waals surface area contributed by atoms with Gasteiger partial charge in [-0.15, -0.1) is 0 Å². The van der Waals surface area contributed by atoms with Gasteiger partial charge in [0.25, 0.3) is 0 Å². The van der Waals surface area contributed by atoms with Crippen molar-refractivity contribution in [3.63, 3.8) is 0 Å². The number of nitrogens with zero attached hydrogens (tertiary/aromatic N) is 2. The van der Waals surface area contributed by atoms with Crippen molar-refractivity contribution in [3.8, 4) is 5.69 Å². The average Bonchev–Trinajstić information content (AvgIpc) is 2.57. The van der Waals surface area contributed by atoms with Crippen LogP contribution in [0.3, 0.4) is 0 Å². The first-order valence-corrected chi connectivity index (χ1v) is 4.04. The van der Waals surface area contributed by atoms with Crippen LogP contribution in [0.4, 0.5) is 4.39 Å². The van der Waals surface area contributed by atoms with Crippen molar-refractivity contribution in [2.24, 2.45) is 0 Å². The molecule has 0 bridgehead atoms. The van der Waals surface area contributed by atoms with Crippen LogP contribution < -0.4 is 0 Å². The summed E-state index contributed by atoms with van der Waals surface area (Å²) in [7, 11) is 0. The molecule has 2 aromatic rings. The maximum absolute atomic E-state index is 13.4. The third kappa shape index (κ3) is 1.33. The van der Waals surface area contributed by atoms with Crippen molar-refractivity contribution >= 4 is 0 Å². The molecule has 0 unspecified atom stereocenters. The fourth-order valence-corrected chi connectivity index (χ4v) is 1.31. The monoisotopic (exact) mass is 176 g/mol. The molecule has 0 fully saturated rings. The molecule has 1 heterocycles. The fourth-order valence-electron chi connectivity index (χ4n) is 1.31. The molecule has 0 aliphatic carbocycles. The molecule has 0 saturated heterocycles. The van der Waals surface area contributed by atoms with Gasteiger partial charge in [0.05, 0.1) is 0 Å². The predicted molar refractivity (Wildman–Crippen MR) is 48.3 cm³/mol. The number of rotatable bonds is 1. The summed E-state index contributed by atoms with van der Waals surface area (Å²) < 4.78 is 14.9. The Morgan fingerprint density at radius 2 is 2.15 bits per heavy atom. The molecule has 0 aliphatic heterocycles. The second-order valence-corrected chi connectivity index (χ2v) is 2.86. The first-order valence-electron chi connectivity index (χ1n) is 4.04. The van der Waals surface area contributed by atoms with Gasteiger partial charge >= 0.3 is 0 Å².